The summed E-state index contributed by atoms with van der Waals surface area (Å²) in [5, 5.41) is 10.2. The number of ether oxygens (including phenoxy) is 2. The van der Waals surface area contributed by atoms with E-state index in [0.29, 0.717) is 5.56 Å². The summed E-state index contributed by atoms with van der Waals surface area (Å²) in [7, 11) is 5.13. The van der Waals surface area contributed by atoms with E-state index >= 15 is 0 Å². The van der Waals surface area contributed by atoms with Crippen molar-refractivity contribution in [2.75, 3.05) is 14.2 Å². The van der Waals surface area contributed by atoms with Gasteiger partial charge in [-0.15, -0.1) is 0 Å². The Morgan fingerprint density at radius 1 is 0.862 bits per heavy atom. The lowest BCUT2D eigenvalue weighted by atomic mass is 9.98. The molecule has 0 unspecified atom stereocenters. The summed E-state index contributed by atoms with van der Waals surface area (Å²) < 4.78 is 12.8. The topological polar surface area (TPSA) is 60.7 Å². The van der Waals surface area contributed by atoms with Crippen LogP contribution in [0.1, 0.15) is 10.4 Å². The maximum absolute atomic E-state index is 11.6. The molecule has 0 saturated heterocycles. The lowest BCUT2D eigenvalue weighted by molar-refractivity contribution is 0.0699. The van der Waals surface area contributed by atoms with Crippen molar-refractivity contribution in [3.05, 3.63) is 72.4 Å². The molecule has 29 heavy (non-hydrogen) atoms. The molecule has 0 radical (unpaired) electrons. The molecule has 1 N–H and O–H groups in total. The van der Waals surface area contributed by atoms with Crippen LogP contribution in [0.4, 0.5) is 0 Å². The van der Waals surface area contributed by atoms with E-state index in [9.17, 15) is 9.90 Å². The highest BCUT2D eigenvalue weighted by Crippen LogP contribution is 2.39. The molecular formula is C24H21NO4. The molecular weight excluding hydrogens is 366 g/mol. The van der Waals surface area contributed by atoms with Crippen molar-refractivity contribution >= 4 is 16.9 Å². The molecule has 0 aliphatic carbocycles. The molecule has 0 amide bonds. The summed E-state index contributed by atoms with van der Waals surface area (Å²) in [6.07, 6.45) is 1.65. The lowest BCUT2D eigenvalue weighted by Gasteiger charge is -2.13. The van der Waals surface area contributed by atoms with Gasteiger partial charge in [-0.3, -0.25) is 0 Å². The maximum atomic E-state index is 11.6. The molecule has 0 atom stereocenters. The minimum Gasteiger partial charge on any atom is -0.496 e. The van der Waals surface area contributed by atoms with Crippen molar-refractivity contribution in [3.8, 4) is 33.8 Å². The molecule has 1 aromatic heterocycles. The third-order valence-electron chi connectivity index (χ3n) is 5.15. The fourth-order valence-electron chi connectivity index (χ4n) is 3.71. The van der Waals surface area contributed by atoms with E-state index in [2.05, 4.69) is 0 Å². The van der Waals surface area contributed by atoms with Gasteiger partial charge in [-0.1, -0.05) is 36.4 Å². The number of aromatic nitrogens is 1. The second-order valence-corrected chi connectivity index (χ2v) is 6.81. The zero-order valence-electron chi connectivity index (χ0n) is 16.5. The number of hydrogen-bond acceptors (Lipinski definition) is 3. The van der Waals surface area contributed by atoms with Crippen molar-refractivity contribution in [2.24, 2.45) is 7.05 Å². The largest absolute Gasteiger partial charge is 0.496 e. The lowest BCUT2D eigenvalue weighted by Crippen LogP contribution is -1.94. The van der Waals surface area contributed by atoms with Gasteiger partial charge >= 0.3 is 5.97 Å². The number of aromatic carboxylic acids is 1. The van der Waals surface area contributed by atoms with E-state index in [1.54, 1.807) is 20.4 Å². The Morgan fingerprint density at radius 3 is 2.03 bits per heavy atom. The molecule has 0 bridgehead atoms. The van der Waals surface area contributed by atoms with E-state index in [1.807, 2.05) is 72.3 Å². The van der Waals surface area contributed by atoms with Gasteiger partial charge in [-0.25, -0.2) is 4.79 Å². The minimum absolute atomic E-state index is 0.305. The Bertz CT molecular complexity index is 1180. The standard InChI is InChI=1S/C24H21NO4/c1-25-14-19(24(26)27)18-13-17(11-12-20(18)25)15-7-9-16(10-8-15)23-21(28-2)5-4-6-22(23)29-3/h4-14H,1-3H3,(H,26,27). The van der Waals surface area contributed by atoms with Crippen LogP contribution in [0.3, 0.4) is 0 Å². The molecule has 146 valence electrons. The Labute approximate surface area is 168 Å². The zero-order chi connectivity index (χ0) is 20.5. The number of carbonyl (C=O) groups is 1. The number of carboxylic acids is 1. The number of carboxylic acid groups (broad SMARTS) is 1. The third kappa shape index (κ3) is 3.21. The highest BCUT2D eigenvalue weighted by molar-refractivity contribution is 6.04. The summed E-state index contributed by atoms with van der Waals surface area (Å²) in [6, 6.07) is 19.7. The van der Waals surface area contributed by atoms with Crippen molar-refractivity contribution in [2.45, 2.75) is 0 Å². The molecule has 3 aromatic carbocycles. The van der Waals surface area contributed by atoms with Crippen LogP contribution in [0.25, 0.3) is 33.2 Å². The average molecular weight is 387 g/mol. The molecule has 4 aromatic rings. The fraction of sp³-hybridized carbons (Fsp3) is 0.125. The monoisotopic (exact) mass is 387 g/mol. The molecule has 1 heterocycles. The molecule has 5 heteroatoms. The van der Waals surface area contributed by atoms with Gasteiger partial charge in [-0.2, -0.15) is 0 Å². The Hall–Kier alpha value is -3.73. The van der Waals surface area contributed by atoms with Gasteiger partial charge < -0.3 is 19.1 Å². The molecule has 5 nitrogen and oxygen atoms in total. The number of nitrogens with zero attached hydrogens (tertiary/aromatic N) is 1. The molecule has 0 aliphatic rings. The fourth-order valence-corrected chi connectivity index (χ4v) is 3.71. The predicted octanol–water partition coefficient (Wildman–Crippen LogP) is 5.23. The van der Waals surface area contributed by atoms with E-state index in [-0.39, 0.29) is 0 Å². The first-order chi connectivity index (χ1) is 14.0. The third-order valence-corrected chi connectivity index (χ3v) is 5.15. The number of fused-ring (bicyclic) bond motifs is 1. The Morgan fingerprint density at radius 2 is 1.45 bits per heavy atom. The quantitative estimate of drug-likeness (QED) is 0.509. The van der Waals surface area contributed by atoms with Crippen LogP contribution in [0.5, 0.6) is 11.5 Å². The molecule has 4 rings (SSSR count). The van der Waals surface area contributed by atoms with E-state index in [0.717, 1.165) is 44.7 Å². The highest BCUT2D eigenvalue weighted by atomic mass is 16.5. The Balaban J connectivity index is 1.78. The van der Waals surface area contributed by atoms with Crippen molar-refractivity contribution in [3.63, 3.8) is 0 Å². The van der Waals surface area contributed by atoms with E-state index in [1.165, 1.54) is 0 Å². The van der Waals surface area contributed by atoms with Crippen LogP contribution in [0, 0.1) is 0 Å². The molecule has 0 saturated carbocycles. The highest BCUT2D eigenvalue weighted by Gasteiger charge is 2.15. The van der Waals surface area contributed by atoms with Crippen LogP contribution in [0.2, 0.25) is 0 Å². The second kappa shape index (κ2) is 7.36. The van der Waals surface area contributed by atoms with Gasteiger partial charge in [0.05, 0.1) is 25.3 Å². The van der Waals surface area contributed by atoms with Gasteiger partial charge in [0.25, 0.3) is 0 Å². The van der Waals surface area contributed by atoms with E-state index in [4.69, 9.17) is 9.47 Å². The number of rotatable bonds is 5. The van der Waals surface area contributed by atoms with Crippen molar-refractivity contribution in [1.82, 2.24) is 4.57 Å². The smallest absolute Gasteiger partial charge is 0.337 e. The van der Waals surface area contributed by atoms with Crippen LogP contribution in [-0.2, 0) is 7.05 Å². The van der Waals surface area contributed by atoms with Crippen LogP contribution < -0.4 is 9.47 Å². The van der Waals surface area contributed by atoms with Gasteiger partial charge in [0.1, 0.15) is 11.5 Å². The molecule has 0 aliphatic heterocycles. The summed E-state index contributed by atoms with van der Waals surface area (Å²) in [5.74, 6) is 0.564. The predicted molar refractivity (Wildman–Crippen MR) is 114 cm³/mol. The van der Waals surface area contributed by atoms with Crippen LogP contribution in [0.15, 0.2) is 66.9 Å². The summed E-state index contributed by atoms with van der Waals surface area (Å²) >= 11 is 0. The Kier molecular flexibility index (Phi) is 4.72. The summed E-state index contributed by atoms with van der Waals surface area (Å²) in [4.78, 5) is 11.6. The van der Waals surface area contributed by atoms with Gasteiger partial charge in [0, 0.05) is 24.1 Å². The normalized spacial score (nSPS) is 10.9. The molecule has 0 fully saturated rings. The number of methoxy groups -OCH3 is 2. The number of hydrogen-bond donors (Lipinski definition) is 1. The average Bonchev–Trinajstić information content (AvgIpc) is 3.09. The first-order valence-electron chi connectivity index (χ1n) is 9.17. The number of aryl methyl sites for hydroxylation is 1. The van der Waals surface area contributed by atoms with Crippen LogP contribution in [-0.4, -0.2) is 29.9 Å². The van der Waals surface area contributed by atoms with Gasteiger partial charge in [-0.05, 0) is 41.0 Å². The van der Waals surface area contributed by atoms with Gasteiger partial charge in [0.15, 0.2) is 0 Å². The summed E-state index contributed by atoms with van der Waals surface area (Å²) in [6.45, 7) is 0. The SMILES string of the molecule is COc1cccc(OC)c1-c1ccc(-c2ccc3c(c2)c(C(=O)O)cn3C)cc1. The first kappa shape index (κ1) is 18.6. The second-order valence-electron chi connectivity index (χ2n) is 6.81. The van der Waals surface area contributed by atoms with Crippen molar-refractivity contribution < 1.29 is 19.4 Å². The summed E-state index contributed by atoms with van der Waals surface area (Å²) in [5.41, 5.74) is 5.04. The molecule has 0 spiro atoms. The van der Waals surface area contributed by atoms with Crippen LogP contribution >= 0.6 is 0 Å². The van der Waals surface area contributed by atoms with E-state index < -0.39 is 5.97 Å². The minimum atomic E-state index is -0.925. The van der Waals surface area contributed by atoms with Gasteiger partial charge in [0.2, 0.25) is 0 Å². The maximum Gasteiger partial charge on any atom is 0.337 e. The number of benzene rings is 3. The first-order valence-corrected chi connectivity index (χ1v) is 9.17. The van der Waals surface area contributed by atoms with Crippen molar-refractivity contribution in [1.29, 1.82) is 0 Å². The zero-order valence-corrected chi connectivity index (χ0v) is 16.5.